The van der Waals surface area contributed by atoms with Crippen molar-refractivity contribution in [3.8, 4) is 11.5 Å². The summed E-state index contributed by atoms with van der Waals surface area (Å²) >= 11 is 0. The smallest absolute Gasteiger partial charge is 0.244 e. The van der Waals surface area contributed by atoms with Gasteiger partial charge in [-0.25, -0.2) is 8.42 Å². The van der Waals surface area contributed by atoms with Crippen molar-refractivity contribution < 1.29 is 27.5 Å². The van der Waals surface area contributed by atoms with E-state index in [0.29, 0.717) is 23.6 Å². The van der Waals surface area contributed by atoms with E-state index < -0.39 is 28.5 Å². The number of aryl methyl sites for hydroxylation is 1. The highest BCUT2D eigenvalue weighted by Gasteiger charge is 2.33. The molecular formula is C28H37N3O6S. The molecule has 1 heterocycles. The normalized spacial score (nSPS) is 16.1. The van der Waals surface area contributed by atoms with Crippen molar-refractivity contribution in [1.82, 2.24) is 10.2 Å². The number of carbonyl (C=O) groups excluding carboxylic acids is 2. The van der Waals surface area contributed by atoms with E-state index in [1.807, 2.05) is 38.1 Å². The fourth-order valence-electron chi connectivity index (χ4n) is 5.01. The van der Waals surface area contributed by atoms with E-state index in [1.54, 1.807) is 18.2 Å². The van der Waals surface area contributed by atoms with E-state index in [2.05, 4.69) is 5.32 Å². The van der Waals surface area contributed by atoms with Crippen molar-refractivity contribution in [2.45, 2.75) is 71.0 Å². The molecular weight excluding hydrogens is 506 g/mol. The van der Waals surface area contributed by atoms with Gasteiger partial charge in [0.25, 0.3) is 0 Å². The van der Waals surface area contributed by atoms with Gasteiger partial charge in [0.1, 0.15) is 12.6 Å². The van der Waals surface area contributed by atoms with Crippen LogP contribution in [0.1, 0.15) is 56.6 Å². The van der Waals surface area contributed by atoms with E-state index in [1.165, 1.54) is 11.3 Å². The van der Waals surface area contributed by atoms with Gasteiger partial charge in [-0.05, 0) is 43.9 Å². The van der Waals surface area contributed by atoms with Crippen LogP contribution in [0.15, 0.2) is 42.5 Å². The van der Waals surface area contributed by atoms with Crippen molar-refractivity contribution in [2.75, 3.05) is 23.9 Å². The molecule has 2 amide bonds. The number of hydrogen-bond acceptors (Lipinski definition) is 6. The fourth-order valence-corrected chi connectivity index (χ4v) is 5.85. The molecule has 0 aromatic heterocycles. The van der Waals surface area contributed by atoms with Crippen LogP contribution in [0.3, 0.4) is 0 Å². The third kappa shape index (κ3) is 6.78. The Hall–Kier alpha value is -3.27. The number of amides is 2. The first-order chi connectivity index (χ1) is 18.2. The molecule has 0 radical (unpaired) electrons. The minimum atomic E-state index is -3.83. The highest BCUT2D eigenvalue weighted by Crippen LogP contribution is 2.36. The summed E-state index contributed by atoms with van der Waals surface area (Å²) in [5, 5.41) is 3.15. The van der Waals surface area contributed by atoms with Crippen LogP contribution in [0.4, 0.5) is 5.69 Å². The summed E-state index contributed by atoms with van der Waals surface area (Å²) in [5.41, 5.74) is 2.24. The number of anilines is 1. The van der Waals surface area contributed by atoms with E-state index in [4.69, 9.17) is 9.47 Å². The highest BCUT2D eigenvalue weighted by atomic mass is 32.2. The maximum Gasteiger partial charge on any atom is 0.244 e. The summed E-state index contributed by atoms with van der Waals surface area (Å²) in [6.45, 7) is 3.64. The van der Waals surface area contributed by atoms with Crippen LogP contribution in [0.2, 0.25) is 0 Å². The van der Waals surface area contributed by atoms with Gasteiger partial charge >= 0.3 is 0 Å². The third-order valence-electron chi connectivity index (χ3n) is 7.13. The molecule has 0 spiro atoms. The first-order valence-electron chi connectivity index (χ1n) is 13.2. The van der Waals surface area contributed by atoms with Gasteiger partial charge in [-0.2, -0.15) is 0 Å². The van der Waals surface area contributed by atoms with Gasteiger partial charge < -0.3 is 19.7 Å². The zero-order valence-electron chi connectivity index (χ0n) is 22.3. The van der Waals surface area contributed by atoms with Gasteiger partial charge in [-0.3, -0.25) is 13.9 Å². The second kappa shape index (κ2) is 12.1. The molecule has 1 fully saturated rings. The number of sulfonamides is 1. The molecule has 10 heteroatoms. The van der Waals surface area contributed by atoms with E-state index in [-0.39, 0.29) is 25.3 Å². The third-order valence-corrected chi connectivity index (χ3v) is 8.27. The predicted octanol–water partition coefficient (Wildman–Crippen LogP) is 3.75. The summed E-state index contributed by atoms with van der Waals surface area (Å²) in [6, 6.07) is 11.9. The molecule has 4 rings (SSSR count). The van der Waals surface area contributed by atoms with E-state index >= 15 is 0 Å². The molecule has 1 atom stereocenters. The summed E-state index contributed by atoms with van der Waals surface area (Å²) in [7, 11) is -3.83. The van der Waals surface area contributed by atoms with Crippen LogP contribution < -0.4 is 19.1 Å². The largest absolute Gasteiger partial charge is 0.454 e. The molecule has 206 valence electrons. The molecule has 2 aromatic rings. The predicted molar refractivity (Wildman–Crippen MR) is 146 cm³/mol. The number of benzene rings is 2. The maximum atomic E-state index is 13.9. The van der Waals surface area contributed by atoms with Gasteiger partial charge in [0, 0.05) is 18.7 Å². The summed E-state index contributed by atoms with van der Waals surface area (Å²) in [6.07, 6.45) is 6.64. The Balaban J connectivity index is 1.61. The first-order valence-corrected chi connectivity index (χ1v) is 15.0. The Labute approximate surface area is 225 Å². The summed E-state index contributed by atoms with van der Waals surface area (Å²) < 4.78 is 37.4. The van der Waals surface area contributed by atoms with Gasteiger partial charge in [0.15, 0.2) is 11.5 Å². The van der Waals surface area contributed by atoms with Crippen molar-refractivity contribution in [3.05, 3.63) is 53.6 Å². The molecule has 2 aliphatic rings. The van der Waals surface area contributed by atoms with E-state index in [9.17, 15) is 18.0 Å². The van der Waals surface area contributed by atoms with Crippen LogP contribution in [0.5, 0.6) is 11.5 Å². The molecule has 0 saturated heterocycles. The Bertz CT molecular complexity index is 1240. The van der Waals surface area contributed by atoms with Crippen LogP contribution in [-0.4, -0.2) is 56.8 Å². The minimum absolute atomic E-state index is 0.0508. The van der Waals surface area contributed by atoms with Gasteiger partial charge in [0.2, 0.25) is 28.6 Å². The molecule has 1 unspecified atom stereocenters. The lowest BCUT2D eigenvalue weighted by molar-refractivity contribution is -0.140. The quantitative estimate of drug-likeness (QED) is 0.490. The standard InChI is InChI=1S/C28H37N3O6S/c1-4-24(28(33)29-22-8-6-5-7-9-22)30(17-21-12-10-20(2)11-13-21)27(32)18-31(38(3,34)35)23-14-15-25-26(16-23)37-19-36-25/h10-16,22,24H,4-9,17-19H2,1-3H3,(H,29,33). The Kier molecular flexibility index (Phi) is 8.81. The Morgan fingerprint density at radius 2 is 1.71 bits per heavy atom. The molecule has 38 heavy (non-hydrogen) atoms. The molecule has 1 N–H and O–H groups in total. The zero-order chi connectivity index (χ0) is 27.3. The molecule has 1 aliphatic carbocycles. The average Bonchev–Trinajstić information content (AvgIpc) is 3.36. The van der Waals surface area contributed by atoms with Crippen LogP contribution in [0.25, 0.3) is 0 Å². The molecule has 1 aliphatic heterocycles. The second-order valence-corrected chi connectivity index (χ2v) is 12.0. The first kappa shape index (κ1) is 27.8. The molecule has 0 bridgehead atoms. The monoisotopic (exact) mass is 543 g/mol. The van der Waals surface area contributed by atoms with Crippen molar-refractivity contribution in [3.63, 3.8) is 0 Å². The van der Waals surface area contributed by atoms with Gasteiger partial charge in [0.05, 0.1) is 11.9 Å². The van der Waals surface area contributed by atoms with Crippen LogP contribution in [0, 0.1) is 6.92 Å². The number of hydrogen-bond donors (Lipinski definition) is 1. The number of nitrogens with zero attached hydrogens (tertiary/aromatic N) is 2. The number of rotatable bonds is 10. The average molecular weight is 544 g/mol. The SMILES string of the molecule is CCC(C(=O)NC1CCCCC1)N(Cc1ccc(C)cc1)C(=O)CN(c1ccc2c(c1)OCO2)S(C)(=O)=O. The van der Waals surface area contributed by atoms with Crippen LogP contribution in [-0.2, 0) is 26.2 Å². The summed E-state index contributed by atoms with van der Waals surface area (Å²) in [5.74, 6) is 0.270. The fraction of sp³-hybridized carbons (Fsp3) is 0.500. The van der Waals surface area contributed by atoms with Crippen molar-refractivity contribution >= 4 is 27.5 Å². The van der Waals surface area contributed by atoms with Gasteiger partial charge in [-0.15, -0.1) is 0 Å². The zero-order valence-corrected chi connectivity index (χ0v) is 23.1. The Morgan fingerprint density at radius 3 is 2.37 bits per heavy atom. The lowest BCUT2D eigenvalue weighted by Gasteiger charge is -2.34. The van der Waals surface area contributed by atoms with Crippen molar-refractivity contribution in [1.29, 1.82) is 0 Å². The van der Waals surface area contributed by atoms with Crippen molar-refractivity contribution in [2.24, 2.45) is 0 Å². The molecule has 1 saturated carbocycles. The minimum Gasteiger partial charge on any atom is -0.454 e. The number of nitrogens with one attached hydrogen (secondary N) is 1. The lowest BCUT2D eigenvalue weighted by Crippen LogP contribution is -2.53. The van der Waals surface area contributed by atoms with Gasteiger partial charge in [-0.1, -0.05) is 56.0 Å². The maximum absolute atomic E-state index is 13.9. The lowest BCUT2D eigenvalue weighted by atomic mass is 9.95. The summed E-state index contributed by atoms with van der Waals surface area (Å²) in [4.78, 5) is 28.8. The van der Waals surface area contributed by atoms with E-state index in [0.717, 1.165) is 47.4 Å². The highest BCUT2D eigenvalue weighted by molar-refractivity contribution is 7.92. The topological polar surface area (TPSA) is 105 Å². The number of fused-ring (bicyclic) bond motifs is 1. The molecule has 2 aromatic carbocycles. The number of carbonyl (C=O) groups is 2. The second-order valence-electron chi connectivity index (χ2n) is 10.1. The van der Waals surface area contributed by atoms with Crippen LogP contribution >= 0.6 is 0 Å². The Morgan fingerprint density at radius 1 is 1.03 bits per heavy atom. The molecule has 9 nitrogen and oxygen atoms in total. The number of ether oxygens (including phenoxy) is 2.